The van der Waals surface area contributed by atoms with E-state index in [4.69, 9.17) is 5.73 Å². The van der Waals surface area contributed by atoms with Crippen molar-refractivity contribution in [2.75, 3.05) is 5.32 Å². The zero-order valence-corrected chi connectivity index (χ0v) is 15.8. The van der Waals surface area contributed by atoms with Crippen molar-refractivity contribution in [3.05, 3.63) is 40.5 Å². The fourth-order valence-electron chi connectivity index (χ4n) is 3.68. The number of nitrogens with two attached hydrogens (primary N) is 1. The van der Waals surface area contributed by atoms with Crippen molar-refractivity contribution < 1.29 is 9.59 Å². The number of fused-ring (bicyclic) bond motifs is 3. The summed E-state index contributed by atoms with van der Waals surface area (Å²) in [6, 6.07) is 6.51. The van der Waals surface area contributed by atoms with E-state index in [-0.39, 0.29) is 5.91 Å². The van der Waals surface area contributed by atoms with Crippen molar-refractivity contribution >= 4 is 28.2 Å². The highest BCUT2D eigenvalue weighted by Crippen LogP contribution is 2.49. The Labute approximate surface area is 152 Å². The number of nitrogens with one attached hydrogen (secondary N) is 1. The van der Waals surface area contributed by atoms with Gasteiger partial charge in [0.25, 0.3) is 5.91 Å². The van der Waals surface area contributed by atoms with Crippen LogP contribution >= 0.6 is 11.3 Å². The zero-order chi connectivity index (χ0) is 18.1. The maximum atomic E-state index is 12.1. The molecule has 3 rings (SSSR count). The van der Waals surface area contributed by atoms with Gasteiger partial charge in [0.05, 0.1) is 5.56 Å². The zero-order valence-electron chi connectivity index (χ0n) is 14.9. The summed E-state index contributed by atoms with van der Waals surface area (Å²) in [7, 11) is 0. The SMILES string of the molecule is CCCCC1Cc2c(sc(NC(C)=O)c2C(N)=O)-c2ccc(C)cc21. The first-order valence-electron chi connectivity index (χ1n) is 8.76. The number of aryl methyl sites for hydroxylation is 1. The first-order valence-corrected chi connectivity index (χ1v) is 9.58. The van der Waals surface area contributed by atoms with E-state index in [0.29, 0.717) is 16.5 Å². The molecule has 0 spiro atoms. The van der Waals surface area contributed by atoms with Gasteiger partial charge in [0.2, 0.25) is 5.91 Å². The number of carbonyl (C=O) groups is 2. The third-order valence-corrected chi connectivity index (χ3v) is 5.97. The summed E-state index contributed by atoms with van der Waals surface area (Å²) >= 11 is 1.46. The van der Waals surface area contributed by atoms with Gasteiger partial charge in [-0.05, 0) is 42.4 Å². The van der Waals surface area contributed by atoms with Gasteiger partial charge in [-0.15, -0.1) is 11.3 Å². The van der Waals surface area contributed by atoms with E-state index in [0.717, 1.165) is 36.1 Å². The molecular weight excluding hydrogens is 332 g/mol. The molecule has 0 fully saturated rings. The summed E-state index contributed by atoms with van der Waals surface area (Å²) < 4.78 is 0. The number of rotatable bonds is 5. The predicted molar refractivity (Wildman–Crippen MR) is 103 cm³/mol. The molecule has 2 amide bonds. The maximum absolute atomic E-state index is 12.1. The highest BCUT2D eigenvalue weighted by molar-refractivity contribution is 7.20. The molecule has 1 aromatic carbocycles. The Kier molecular flexibility index (Phi) is 4.95. The lowest BCUT2D eigenvalue weighted by atomic mass is 9.78. The van der Waals surface area contributed by atoms with Gasteiger partial charge >= 0.3 is 0 Å². The Balaban J connectivity index is 2.17. The third-order valence-electron chi connectivity index (χ3n) is 4.79. The van der Waals surface area contributed by atoms with E-state index in [2.05, 4.69) is 37.4 Å². The molecule has 5 heteroatoms. The molecule has 1 heterocycles. The summed E-state index contributed by atoms with van der Waals surface area (Å²) in [4.78, 5) is 24.7. The molecular formula is C20H24N2O2S. The molecule has 132 valence electrons. The number of thiophene rings is 1. The Bertz CT molecular complexity index is 838. The van der Waals surface area contributed by atoms with Crippen molar-refractivity contribution in [1.82, 2.24) is 0 Å². The van der Waals surface area contributed by atoms with Crippen LogP contribution < -0.4 is 11.1 Å². The van der Waals surface area contributed by atoms with Crippen LogP contribution in [0.5, 0.6) is 0 Å². The van der Waals surface area contributed by atoms with Crippen LogP contribution in [0.15, 0.2) is 18.2 Å². The van der Waals surface area contributed by atoms with Crippen LogP contribution in [0.2, 0.25) is 0 Å². The molecule has 0 bridgehead atoms. The van der Waals surface area contributed by atoms with Crippen molar-refractivity contribution in [3.63, 3.8) is 0 Å². The molecule has 1 aliphatic carbocycles. The Morgan fingerprint density at radius 3 is 2.76 bits per heavy atom. The van der Waals surface area contributed by atoms with E-state index in [1.807, 2.05) is 0 Å². The van der Waals surface area contributed by atoms with Crippen molar-refractivity contribution in [3.8, 4) is 10.4 Å². The first-order chi connectivity index (χ1) is 11.9. The van der Waals surface area contributed by atoms with Gasteiger partial charge in [0.15, 0.2) is 0 Å². The minimum absolute atomic E-state index is 0.187. The van der Waals surface area contributed by atoms with Crippen LogP contribution in [0.4, 0.5) is 5.00 Å². The first kappa shape index (κ1) is 17.7. The fourth-order valence-corrected chi connectivity index (χ4v) is 5.01. The number of unbranched alkanes of at least 4 members (excludes halogenated alkanes) is 1. The molecule has 4 nitrogen and oxygen atoms in total. The van der Waals surface area contributed by atoms with E-state index in [9.17, 15) is 9.59 Å². The van der Waals surface area contributed by atoms with E-state index < -0.39 is 5.91 Å². The van der Waals surface area contributed by atoms with Crippen LogP contribution in [0.3, 0.4) is 0 Å². The predicted octanol–water partition coefficient (Wildman–Crippen LogP) is 4.61. The Morgan fingerprint density at radius 1 is 1.36 bits per heavy atom. The summed E-state index contributed by atoms with van der Waals surface area (Å²) in [5.41, 5.74) is 10.9. The Hall–Kier alpha value is -2.14. The second-order valence-electron chi connectivity index (χ2n) is 6.79. The van der Waals surface area contributed by atoms with E-state index in [1.54, 1.807) is 0 Å². The normalized spacial score (nSPS) is 15.4. The highest BCUT2D eigenvalue weighted by atomic mass is 32.1. The molecule has 0 saturated heterocycles. The van der Waals surface area contributed by atoms with Crippen molar-refractivity contribution in [2.45, 2.75) is 52.4 Å². The maximum Gasteiger partial charge on any atom is 0.252 e. The molecule has 1 atom stereocenters. The molecule has 25 heavy (non-hydrogen) atoms. The number of anilines is 1. The quantitative estimate of drug-likeness (QED) is 0.821. The van der Waals surface area contributed by atoms with Gasteiger partial charge in [0, 0.05) is 11.8 Å². The molecule has 1 aromatic heterocycles. The average Bonchev–Trinajstić information content (AvgIpc) is 2.89. The molecule has 0 aliphatic heterocycles. The molecule has 2 aromatic rings. The molecule has 1 aliphatic rings. The number of amides is 2. The molecule has 0 radical (unpaired) electrons. The van der Waals surface area contributed by atoms with Gasteiger partial charge < -0.3 is 11.1 Å². The second kappa shape index (κ2) is 7.00. The molecule has 0 saturated carbocycles. The fraction of sp³-hybridized carbons (Fsp3) is 0.400. The second-order valence-corrected chi connectivity index (χ2v) is 7.81. The number of primary amides is 1. The molecule has 3 N–H and O–H groups in total. The van der Waals surface area contributed by atoms with Crippen LogP contribution in [0, 0.1) is 6.92 Å². The lowest BCUT2D eigenvalue weighted by Gasteiger charge is -2.26. The largest absolute Gasteiger partial charge is 0.365 e. The van der Waals surface area contributed by atoms with Crippen LogP contribution in [0.1, 0.15) is 66.1 Å². The topological polar surface area (TPSA) is 72.2 Å². The summed E-state index contributed by atoms with van der Waals surface area (Å²) in [5.74, 6) is -0.265. The smallest absolute Gasteiger partial charge is 0.252 e. The van der Waals surface area contributed by atoms with E-state index >= 15 is 0 Å². The van der Waals surface area contributed by atoms with Crippen LogP contribution in [0.25, 0.3) is 10.4 Å². The van der Waals surface area contributed by atoms with Crippen LogP contribution in [-0.4, -0.2) is 11.8 Å². The molecule has 1 unspecified atom stereocenters. The van der Waals surface area contributed by atoms with Crippen LogP contribution in [-0.2, 0) is 11.2 Å². The Morgan fingerprint density at radius 2 is 2.12 bits per heavy atom. The number of hydrogen-bond acceptors (Lipinski definition) is 3. The summed E-state index contributed by atoms with van der Waals surface area (Å²) in [6.07, 6.45) is 4.20. The lowest BCUT2D eigenvalue weighted by molar-refractivity contribution is -0.114. The number of benzene rings is 1. The van der Waals surface area contributed by atoms with Gasteiger partial charge in [0.1, 0.15) is 5.00 Å². The van der Waals surface area contributed by atoms with Gasteiger partial charge in [-0.25, -0.2) is 0 Å². The minimum atomic E-state index is -0.467. The van der Waals surface area contributed by atoms with E-state index in [1.165, 1.54) is 35.0 Å². The monoisotopic (exact) mass is 356 g/mol. The minimum Gasteiger partial charge on any atom is -0.365 e. The van der Waals surface area contributed by atoms with Crippen molar-refractivity contribution in [2.24, 2.45) is 5.73 Å². The average molecular weight is 356 g/mol. The van der Waals surface area contributed by atoms with Gasteiger partial charge in [-0.2, -0.15) is 0 Å². The van der Waals surface area contributed by atoms with Gasteiger partial charge in [-0.1, -0.05) is 43.5 Å². The van der Waals surface area contributed by atoms with Gasteiger partial charge in [-0.3, -0.25) is 9.59 Å². The summed E-state index contributed by atoms with van der Waals surface area (Å²) in [6.45, 7) is 5.75. The number of hydrogen-bond donors (Lipinski definition) is 2. The lowest BCUT2D eigenvalue weighted by Crippen LogP contribution is -2.19. The van der Waals surface area contributed by atoms with Crippen molar-refractivity contribution in [1.29, 1.82) is 0 Å². The number of carbonyl (C=O) groups excluding carboxylic acids is 2. The summed E-state index contributed by atoms with van der Waals surface area (Å²) in [5, 5.41) is 3.37. The third kappa shape index (κ3) is 3.33. The highest BCUT2D eigenvalue weighted by Gasteiger charge is 2.32. The standard InChI is InChI=1S/C20H24N2O2S/c1-4-5-6-13-10-16-17(19(21)24)20(22-12(3)23)25-18(16)14-8-7-11(2)9-15(13)14/h7-9,13H,4-6,10H2,1-3H3,(H2,21,24)(H,22,23).